The molecule has 0 radical (unpaired) electrons. The topological polar surface area (TPSA) is 110 Å². The van der Waals surface area contributed by atoms with Crippen molar-refractivity contribution in [1.82, 2.24) is 5.43 Å². The Morgan fingerprint density at radius 2 is 1.82 bits per heavy atom. The van der Waals surface area contributed by atoms with E-state index in [1.807, 2.05) is 51.5 Å². The number of rotatable bonds is 8. The molecule has 2 aromatic carbocycles. The lowest BCUT2D eigenvalue weighted by atomic mass is 9.93. The van der Waals surface area contributed by atoms with Crippen molar-refractivity contribution in [3.05, 3.63) is 41.5 Å². The van der Waals surface area contributed by atoms with E-state index in [4.69, 9.17) is 0 Å². The maximum absolute atomic E-state index is 11.7. The molecule has 1 aliphatic rings. The van der Waals surface area contributed by atoms with Gasteiger partial charge in [-0.25, -0.2) is 0 Å². The Balaban J connectivity index is 2.11. The first-order chi connectivity index (χ1) is 13.7. The summed E-state index contributed by atoms with van der Waals surface area (Å²) in [6, 6.07) is 9.23. The summed E-state index contributed by atoms with van der Waals surface area (Å²) in [6.45, 7) is -0.0113. The van der Waals surface area contributed by atoms with Gasteiger partial charge >= 0.3 is 0 Å². The largest absolute Gasteiger partial charge is 0.396 e. The summed E-state index contributed by atoms with van der Waals surface area (Å²) in [5, 5.41) is 26.7. The van der Waals surface area contributed by atoms with E-state index in [2.05, 4.69) is 31.8 Å². The highest BCUT2D eigenvalue weighted by Crippen LogP contribution is 2.39. The smallest absolute Gasteiger partial charge is 0.148 e. The molecule has 2 aromatic rings. The highest BCUT2D eigenvalue weighted by molar-refractivity contribution is 6.05. The molecule has 0 amide bonds. The second-order valence-corrected chi connectivity index (χ2v) is 6.36. The predicted octanol–water partition coefficient (Wildman–Crippen LogP) is 2.49. The number of carbonyl (C=O) groups is 1. The molecule has 0 bridgehead atoms. The lowest BCUT2D eigenvalue weighted by molar-refractivity contribution is -0.109. The molecule has 0 saturated carbocycles. The normalized spacial score (nSPS) is 15.0. The summed E-state index contributed by atoms with van der Waals surface area (Å²) in [4.78, 5) is 11.7. The molecule has 0 aliphatic carbocycles. The van der Waals surface area contributed by atoms with Crippen LogP contribution in [-0.4, -0.2) is 44.9 Å². The maximum Gasteiger partial charge on any atom is 0.148 e. The monoisotopic (exact) mass is 382 g/mol. The number of aldehydes is 1. The standard InChI is InChI=1S/C20H26N6O2/c1-21-12-9-16(22-2)20(17(10-12)23-3)24-15-6-4-5-13-14(7-8-27)25-26-18(11-28)19(13)15/h4-6,9-11,18,21-24,26-27H,7-8H2,1-3H3. The van der Waals surface area contributed by atoms with Crippen LogP contribution in [0.25, 0.3) is 0 Å². The number of aliphatic hydroxyl groups excluding tert-OH is 1. The van der Waals surface area contributed by atoms with Gasteiger partial charge in [-0.1, -0.05) is 12.1 Å². The number of carbonyl (C=O) groups excluding carboxylic acids is 1. The Labute approximate surface area is 164 Å². The summed E-state index contributed by atoms with van der Waals surface area (Å²) in [5.74, 6) is 0. The summed E-state index contributed by atoms with van der Waals surface area (Å²) >= 11 is 0. The van der Waals surface area contributed by atoms with Crippen LogP contribution in [-0.2, 0) is 4.79 Å². The van der Waals surface area contributed by atoms with E-state index in [9.17, 15) is 9.90 Å². The first-order valence-electron chi connectivity index (χ1n) is 9.16. The zero-order valence-corrected chi connectivity index (χ0v) is 16.3. The molecule has 148 valence electrons. The van der Waals surface area contributed by atoms with Crippen LogP contribution in [0.3, 0.4) is 0 Å². The van der Waals surface area contributed by atoms with Crippen LogP contribution in [0.2, 0.25) is 0 Å². The number of nitrogens with zero attached hydrogens (tertiary/aromatic N) is 1. The fraction of sp³-hybridized carbons (Fsp3) is 0.300. The molecule has 8 heteroatoms. The SMILES string of the molecule is CNc1cc(NC)c(Nc2cccc3c2C(C=O)NN=C3CCO)c(NC)c1. The number of anilines is 5. The average molecular weight is 382 g/mol. The number of nitrogens with one attached hydrogen (secondary N) is 5. The second-order valence-electron chi connectivity index (χ2n) is 6.36. The summed E-state index contributed by atoms with van der Waals surface area (Å²) in [6.07, 6.45) is 1.25. The molecule has 1 heterocycles. The Morgan fingerprint density at radius 3 is 2.39 bits per heavy atom. The third kappa shape index (κ3) is 3.59. The van der Waals surface area contributed by atoms with Crippen LogP contribution in [0.5, 0.6) is 0 Å². The highest BCUT2D eigenvalue weighted by atomic mass is 16.3. The van der Waals surface area contributed by atoms with Gasteiger partial charge in [-0.15, -0.1) is 0 Å². The van der Waals surface area contributed by atoms with E-state index in [0.29, 0.717) is 6.42 Å². The summed E-state index contributed by atoms with van der Waals surface area (Å²) < 4.78 is 0. The molecule has 3 rings (SSSR count). The first kappa shape index (κ1) is 19.5. The van der Waals surface area contributed by atoms with E-state index in [1.165, 1.54) is 0 Å². The minimum atomic E-state index is -0.561. The van der Waals surface area contributed by atoms with Gasteiger partial charge in [0.1, 0.15) is 12.3 Å². The zero-order chi connectivity index (χ0) is 20.1. The Morgan fingerprint density at radius 1 is 1.11 bits per heavy atom. The fourth-order valence-corrected chi connectivity index (χ4v) is 3.38. The van der Waals surface area contributed by atoms with Gasteiger partial charge in [0.15, 0.2) is 0 Å². The Kier molecular flexibility index (Phi) is 6.00. The van der Waals surface area contributed by atoms with Gasteiger partial charge in [0.2, 0.25) is 0 Å². The fourth-order valence-electron chi connectivity index (χ4n) is 3.38. The third-order valence-corrected chi connectivity index (χ3v) is 4.78. The van der Waals surface area contributed by atoms with Crippen molar-refractivity contribution in [3.8, 4) is 0 Å². The minimum absolute atomic E-state index is 0.0113. The maximum atomic E-state index is 11.7. The number of hydrogen-bond donors (Lipinski definition) is 6. The number of hydrogen-bond acceptors (Lipinski definition) is 8. The van der Waals surface area contributed by atoms with Crippen LogP contribution >= 0.6 is 0 Å². The molecule has 1 atom stereocenters. The van der Waals surface area contributed by atoms with Crippen molar-refractivity contribution in [1.29, 1.82) is 0 Å². The molecule has 1 unspecified atom stereocenters. The summed E-state index contributed by atoms with van der Waals surface area (Å²) in [7, 11) is 5.60. The predicted molar refractivity (Wildman–Crippen MR) is 115 cm³/mol. The molecule has 28 heavy (non-hydrogen) atoms. The van der Waals surface area contributed by atoms with Crippen molar-refractivity contribution < 1.29 is 9.90 Å². The third-order valence-electron chi connectivity index (χ3n) is 4.78. The molecule has 0 saturated heterocycles. The number of hydrazone groups is 1. The number of fused-ring (bicyclic) bond motifs is 1. The van der Waals surface area contributed by atoms with Gasteiger partial charge < -0.3 is 31.2 Å². The Hall–Kier alpha value is -3.26. The van der Waals surface area contributed by atoms with Crippen LogP contribution in [0.15, 0.2) is 35.4 Å². The molecular formula is C20H26N6O2. The van der Waals surface area contributed by atoms with Crippen molar-refractivity contribution in [3.63, 3.8) is 0 Å². The molecule has 1 aliphatic heterocycles. The number of aliphatic hydroxyl groups is 1. The van der Waals surface area contributed by atoms with Crippen molar-refractivity contribution >= 4 is 40.4 Å². The van der Waals surface area contributed by atoms with E-state index < -0.39 is 6.04 Å². The number of benzene rings is 2. The van der Waals surface area contributed by atoms with Crippen LogP contribution in [0.1, 0.15) is 23.6 Å². The van der Waals surface area contributed by atoms with Gasteiger partial charge in [-0.05, 0) is 18.2 Å². The van der Waals surface area contributed by atoms with Gasteiger partial charge in [-0.3, -0.25) is 5.43 Å². The molecule has 0 fully saturated rings. The van der Waals surface area contributed by atoms with Crippen molar-refractivity contribution in [2.45, 2.75) is 12.5 Å². The van der Waals surface area contributed by atoms with Gasteiger partial charge in [0.25, 0.3) is 0 Å². The van der Waals surface area contributed by atoms with E-state index in [1.54, 1.807) is 0 Å². The lowest BCUT2D eigenvalue weighted by Crippen LogP contribution is -2.28. The molecule has 8 nitrogen and oxygen atoms in total. The van der Waals surface area contributed by atoms with E-state index in [-0.39, 0.29) is 6.61 Å². The van der Waals surface area contributed by atoms with E-state index >= 15 is 0 Å². The Bertz CT molecular complexity index is 871. The summed E-state index contributed by atoms with van der Waals surface area (Å²) in [5.41, 5.74) is 9.75. The minimum Gasteiger partial charge on any atom is -0.396 e. The van der Waals surface area contributed by atoms with Crippen molar-refractivity contribution in [2.75, 3.05) is 49.0 Å². The van der Waals surface area contributed by atoms with E-state index in [0.717, 1.165) is 51.6 Å². The first-order valence-corrected chi connectivity index (χ1v) is 9.16. The van der Waals surface area contributed by atoms with Crippen LogP contribution in [0.4, 0.5) is 28.4 Å². The van der Waals surface area contributed by atoms with Crippen molar-refractivity contribution in [2.24, 2.45) is 5.10 Å². The quantitative estimate of drug-likeness (QED) is 0.389. The molecule has 6 N–H and O–H groups in total. The molecule has 0 spiro atoms. The zero-order valence-electron chi connectivity index (χ0n) is 16.3. The molecule has 0 aromatic heterocycles. The second kappa shape index (κ2) is 8.62. The van der Waals surface area contributed by atoms with Gasteiger partial charge in [0.05, 0.1) is 22.8 Å². The van der Waals surface area contributed by atoms with Crippen LogP contribution in [0, 0.1) is 0 Å². The molecular weight excluding hydrogens is 356 g/mol. The van der Waals surface area contributed by atoms with Gasteiger partial charge in [-0.2, -0.15) is 5.10 Å². The van der Waals surface area contributed by atoms with Gasteiger partial charge in [0, 0.05) is 56.7 Å². The lowest BCUT2D eigenvalue weighted by Gasteiger charge is -2.26. The highest BCUT2D eigenvalue weighted by Gasteiger charge is 2.25. The van der Waals surface area contributed by atoms with Crippen LogP contribution < -0.4 is 26.7 Å². The average Bonchev–Trinajstić information content (AvgIpc) is 2.74.